The van der Waals surface area contributed by atoms with Gasteiger partial charge in [-0.1, -0.05) is 36.4 Å². The third-order valence-corrected chi connectivity index (χ3v) is 8.27. The highest BCUT2D eigenvalue weighted by molar-refractivity contribution is 6.30. The second kappa shape index (κ2) is 10.4. The van der Waals surface area contributed by atoms with E-state index in [4.69, 9.17) is 4.74 Å². The molecule has 3 aliphatic heterocycles. The minimum atomic E-state index is -1.53. The van der Waals surface area contributed by atoms with Crippen molar-refractivity contribution in [1.82, 2.24) is 14.8 Å². The molecule has 2 saturated heterocycles. The van der Waals surface area contributed by atoms with E-state index >= 15 is 0 Å². The standard InChI is InChI=1S/C31H32N4O5/c1-2-40-25-13-11-21(12-14-25)16-31(28(37)32-30(39)35(29(31)38)24-7-4-3-5-8-24)20-33-17-22-15-23(19-33)26-9-6-10-27(36)34(26)18-22/h3-14,22-23H,2,15-20H2,1H3,(H,32,37,39)/t22-,23+,31+/m1/s1. The van der Waals surface area contributed by atoms with Crippen molar-refractivity contribution in [2.75, 3.05) is 31.1 Å². The number of hydrogen-bond donors (Lipinski definition) is 1. The zero-order chi connectivity index (χ0) is 27.9. The van der Waals surface area contributed by atoms with Crippen molar-refractivity contribution in [3.63, 3.8) is 0 Å². The molecule has 0 unspecified atom stereocenters. The number of carbonyl (C=O) groups excluding carboxylic acids is 3. The zero-order valence-electron chi connectivity index (χ0n) is 22.4. The van der Waals surface area contributed by atoms with E-state index in [-0.39, 0.29) is 30.4 Å². The summed E-state index contributed by atoms with van der Waals surface area (Å²) in [4.78, 5) is 56.9. The first kappa shape index (κ1) is 26.0. The molecule has 2 bridgehead atoms. The molecule has 0 saturated carbocycles. The molecule has 4 amide bonds. The molecule has 2 aromatic carbocycles. The topological polar surface area (TPSA) is 101 Å². The molecule has 0 radical (unpaired) electrons. The van der Waals surface area contributed by atoms with Gasteiger partial charge in [-0.2, -0.15) is 0 Å². The lowest BCUT2D eigenvalue weighted by Gasteiger charge is -2.47. The maximum Gasteiger partial charge on any atom is 0.335 e. The van der Waals surface area contributed by atoms with Crippen LogP contribution in [0.4, 0.5) is 10.5 Å². The predicted octanol–water partition coefficient (Wildman–Crippen LogP) is 3.18. The van der Waals surface area contributed by atoms with Crippen LogP contribution < -0.4 is 20.5 Å². The smallest absolute Gasteiger partial charge is 0.335 e. The number of anilines is 1. The number of likely N-dealkylation sites (tertiary alicyclic amines) is 1. The fourth-order valence-electron chi connectivity index (χ4n) is 6.56. The second-order valence-corrected chi connectivity index (χ2v) is 11.0. The van der Waals surface area contributed by atoms with Gasteiger partial charge in [-0.3, -0.25) is 19.7 Å². The van der Waals surface area contributed by atoms with Crippen molar-refractivity contribution < 1.29 is 19.1 Å². The van der Waals surface area contributed by atoms with Gasteiger partial charge in [-0.25, -0.2) is 9.69 Å². The number of nitrogens with one attached hydrogen (secondary N) is 1. The highest BCUT2D eigenvalue weighted by Crippen LogP contribution is 2.39. The molecule has 6 rings (SSSR count). The van der Waals surface area contributed by atoms with E-state index in [1.165, 1.54) is 0 Å². The van der Waals surface area contributed by atoms with Gasteiger partial charge < -0.3 is 14.2 Å². The third kappa shape index (κ3) is 4.60. The van der Waals surface area contributed by atoms with E-state index in [2.05, 4.69) is 10.2 Å². The van der Waals surface area contributed by atoms with Crippen LogP contribution in [0.1, 0.15) is 30.5 Å². The number of aromatic nitrogens is 1. The van der Waals surface area contributed by atoms with Crippen LogP contribution in [-0.2, 0) is 22.6 Å². The Hall–Kier alpha value is -4.24. The number of para-hydroxylation sites is 1. The third-order valence-electron chi connectivity index (χ3n) is 8.27. The summed E-state index contributed by atoms with van der Waals surface area (Å²) in [7, 11) is 0. The van der Waals surface area contributed by atoms with Crippen molar-refractivity contribution in [1.29, 1.82) is 0 Å². The van der Waals surface area contributed by atoms with E-state index in [9.17, 15) is 19.2 Å². The van der Waals surface area contributed by atoms with Crippen LogP contribution >= 0.6 is 0 Å². The van der Waals surface area contributed by atoms with Gasteiger partial charge in [0.1, 0.15) is 11.2 Å². The van der Waals surface area contributed by atoms with Gasteiger partial charge in [-0.05, 0) is 61.6 Å². The number of carbonyl (C=O) groups is 3. The number of pyridine rings is 1. The van der Waals surface area contributed by atoms with Crippen molar-refractivity contribution in [2.24, 2.45) is 11.3 Å². The first-order chi connectivity index (χ1) is 19.4. The van der Waals surface area contributed by atoms with Gasteiger partial charge in [-0.15, -0.1) is 0 Å². The van der Waals surface area contributed by atoms with Gasteiger partial charge in [0.2, 0.25) is 5.91 Å². The van der Waals surface area contributed by atoms with E-state index in [0.29, 0.717) is 37.7 Å². The Morgan fingerprint density at radius 3 is 2.42 bits per heavy atom. The fourth-order valence-corrected chi connectivity index (χ4v) is 6.56. The molecule has 4 heterocycles. The Bertz CT molecular complexity index is 1500. The number of nitrogens with zero attached hydrogens (tertiary/aromatic N) is 3. The molecule has 3 atom stereocenters. The lowest BCUT2D eigenvalue weighted by Crippen LogP contribution is -2.68. The number of imide groups is 2. The summed E-state index contributed by atoms with van der Waals surface area (Å²) < 4.78 is 7.44. The van der Waals surface area contributed by atoms with Gasteiger partial charge in [0, 0.05) is 43.9 Å². The van der Waals surface area contributed by atoms with Crippen molar-refractivity contribution in [2.45, 2.75) is 32.2 Å². The largest absolute Gasteiger partial charge is 0.494 e. The average molecular weight is 541 g/mol. The quantitative estimate of drug-likeness (QED) is 0.462. The Morgan fingerprint density at radius 2 is 1.68 bits per heavy atom. The molecule has 2 fully saturated rings. The minimum Gasteiger partial charge on any atom is -0.494 e. The number of barbiturate groups is 1. The van der Waals surface area contributed by atoms with Crippen LogP contribution in [0.15, 0.2) is 77.6 Å². The number of amides is 4. The number of hydrogen-bond acceptors (Lipinski definition) is 6. The molecular formula is C31H32N4O5. The lowest BCUT2D eigenvalue weighted by molar-refractivity contribution is -0.144. The normalized spacial score (nSPS) is 24.4. The van der Waals surface area contributed by atoms with Gasteiger partial charge in [0.25, 0.3) is 11.5 Å². The maximum atomic E-state index is 14.4. The molecule has 9 nitrogen and oxygen atoms in total. The van der Waals surface area contributed by atoms with Crippen LogP contribution in [0.2, 0.25) is 0 Å². The molecular weight excluding hydrogens is 508 g/mol. The highest BCUT2D eigenvalue weighted by atomic mass is 16.5. The number of piperidine rings is 1. The van der Waals surface area contributed by atoms with E-state index in [1.807, 2.05) is 47.9 Å². The Labute approximate surface area is 232 Å². The molecule has 1 aromatic heterocycles. The molecule has 0 aliphatic carbocycles. The summed E-state index contributed by atoms with van der Waals surface area (Å²) >= 11 is 0. The molecule has 9 heteroatoms. The summed E-state index contributed by atoms with van der Waals surface area (Å²) in [5.41, 5.74) is 0.681. The Kier molecular flexibility index (Phi) is 6.75. The molecule has 3 aliphatic rings. The van der Waals surface area contributed by atoms with E-state index in [0.717, 1.165) is 22.6 Å². The molecule has 3 aromatic rings. The highest BCUT2D eigenvalue weighted by Gasteiger charge is 2.55. The van der Waals surface area contributed by atoms with Gasteiger partial charge in [0.15, 0.2) is 0 Å². The summed E-state index contributed by atoms with van der Waals surface area (Å²) in [6.45, 7) is 4.48. The average Bonchev–Trinajstić information content (AvgIpc) is 2.94. The number of rotatable bonds is 7. The summed E-state index contributed by atoms with van der Waals surface area (Å²) in [5.74, 6) is -0.0665. The zero-order valence-corrected chi connectivity index (χ0v) is 22.4. The summed E-state index contributed by atoms with van der Waals surface area (Å²) in [6.07, 6.45) is 1.09. The molecule has 40 heavy (non-hydrogen) atoms. The van der Waals surface area contributed by atoms with Crippen LogP contribution in [-0.4, -0.2) is 53.6 Å². The number of benzene rings is 2. The van der Waals surface area contributed by atoms with Crippen molar-refractivity contribution in [3.05, 3.63) is 94.4 Å². The second-order valence-electron chi connectivity index (χ2n) is 11.0. The van der Waals surface area contributed by atoms with Crippen molar-refractivity contribution >= 4 is 23.5 Å². The predicted molar refractivity (Wildman–Crippen MR) is 149 cm³/mol. The van der Waals surface area contributed by atoms with Crippen LogP contribution in [0.3, 0.4) is 0 Å². The number of ether oxygens (including phenoxy) is 1. The first-order valence-electron chi connectivity index (χ1n) is 13.8. The number of fused-ring (bicyclic) bond motifs is 4. The number of urea groups is 1. The van der Waals surface area contributed by atoms with Crippen LogP contribution in [0.5, 0.6) is 5.75 Å². The monoisotopic (exact) mass is 540 g/mol. The fraction of sp³-hybridized carbons (Fsp3) is 0.355. The molecule has 0 spiro atoms. The van der Waals surface area contributed by atoms with Crippen LogP contribution in [0.25, 0.3) is 0 Å². The SMILES string of the molecule is CCOc1ccc(C[C@]2(CN3C[C@H]4C[C@@H](C3)c3cccc(=O)n3C4)C(=O)NC(=O)N(c3ccccc3)C2=O)cc1. The maximum absolute atomic E-state index is 14.4. The van der Waals surface area contributed by atoms with Gasteiger partial charge in [0.05, 0.1) is 12.3 Å². The van der Waals surface area contributed by atoms with Crippen molar-refractivity contribution in [3.8, 4) is 5.75 Å². The van der Waals surface area contributed by atoms with Crippen LogP contribution in [0, 0.1) is 11.3 Å². The Balaban J connectivity index is 1.36. The summed E-state index contributed by atoms with van der Waals surface area (Å²) in [6, 6.07) is 20.7. The van der Waals surface area contributed by atoms with Gasteiger partial charge >= 0.3 is 6.03 Å². The molecule has 1 N–H and O–H groups in total. The first-order valence-corrected chi connectivity index (χ1v) is 13.8. The Morgan fingerprint density at radius 1 is 0.900 bits per heavy atom. The lowest BCUT2D eigenvalue weighted by atomic mass is 9.75. The summed E-state index contributed by atoms with van der Waals surface area (Å²) in [5, 5.41) is 2.49. The van der Waals surface area contributed by atoms with E-state index < -0.39 is 23.3 Å². The minimum absolute atomic E-state index is 0.00599. The van der Waals surface area contributed by atoms with E-state index in [1.54, 1.807) is 36.4 Å². The molecule has 206 valence electrons.